The highest BCUT2D eigenvalue weighted by Gasteiger charge is 2.14. The molecule has 5 nitrogen and oxygen atoms in total. The van der Waals surface area contributed by atoms with Crippen molar-refractivity contribution in [2.45, 2.75) is 24.8 Å². The monoisotopic (exact) mass is 215 g/mol. The third kappa shape index (κ3) is 2.68. The van der Waals surface area contributed by atoms with E-state index >= 15 is 0 Å². The minimum absolute atomic E-state index is 0.125. The molecule has 0 fully saturated rings. The van der Waals surface area contributed by atoms with Gasteiger partial charge >= 0.3 is 0 Å². The van der Waals surface area contributed by atoms with Crippen LogP contribution in [0.1, 0.15) is 13.8 Å². The zero-order valence-corrected chi connectivity index (χ0v) is 8.88. The molecule has 0 aliphatic rings. The van der Waals surface area contributed by atoms with Gasteiger partial charge in [-0.25, -0.2) is 18.1 Å². The lowest BCUT2D eigenvalue weighted by molar-refractivity contribution is 0.569. The number of aromatic nitrogens is 1. The molecular formula is C8H13N3O2S. The molecule has 3 N–H and O–H groups in total. The molecule has 0 unspecified atom stereocenters. The van der Waals surface area contributed by atoms with Crippen LogP contribution in [-0.4, -0.2) is 19.4 Å². The van der Waals surface area contributed by atoms with E-state index in [0.29, 0.717) is 5.82 Å². The summed E-state index contributed by atoms with van der Waals surface area (Å²) in [5, 5.41) is 0. The van der Waals surface area contributed by atoms with Crippen molar-refractivity contribution in [3.05, 3.63) is 18.3 Å². The van der Waals surface area contributed by atoms with Crippen LogP contribution in [0.3, 0.4) is 0 Å². The molecular weight excluding hydrogens is 202 g/mol. The molecule has 0 aromatic carbocycles. The van der Waals surface area contributed by atoms with Gasteiger partial charge in [-0.1, -0.05) is 0 Å². The molecule has 6 heteroatoms. The van der Waals surface area contributed by atoms with E-state index in [0.717, 1.165) is 0 Å². The third-order valence-corrected chi connectivity index (χ3v) is 3.10. The summed E-state index contributed by atoms with van der Waals surface area (Å²) in [5.74, 6) is 0.300. The molecule has 0 bridgehead atoms. The quantitative estimate of drug-likeness (QED) is 0.762. The summed E-state index contributed by atoms with van der Waals surface area (Å²) >= 11 is 0. The lowest BCUT2D eigenvalue weighted by atomic mass is 10.4. The number of rotatable bonds is 3. The summed E-state index contributed by atoms with van der Waals surface area (Å²) in [5.41, 5.74) is 5.34. The van der Waals surface area contributed by atoms with Gasteiger partial charge in [0.15, 0.2) is 0 Å². The van der Waals surface area contributed by atoms with Gasteiger partial charge in [-0.3, -0.25) is 0 Å². The number of nitrogen functional groups attached to an aromatic ring is 1. The van der Waals surface area contributed by atoms with Crippen LogP contribution in [0.15, 0.2) is 23.2 Å². The Morgan fingerprint density at radius 3 is 2.50 bits per heavy atom. The second kappa shape index (κ2) is 3.93. The smallest absolute Gasteiger partial charge is 0.242 e. The average Bonchev–Trinajstić information content (AvgIpc) is 2.02. The van der Waals surface area contributed by atoms with E-state index in [2.05, 4.69) is 9.71 Å². The zero-order chi connectivity index (χ0) is 10.8. The number of hydrogen-bond acceptors (Lipinski definition) is 4. The van der Waals surface area contributed by atoms with E-state index in [1.807, 2.05) is 0 Å². The first-order chi connectivity index (χ1) is 6.42. The lowest BCUT2D eigenvalue weighted by Gasteiger charge is -2.08. The fourth-order valence-electron chi connectivity index (χ4n) is 0.929. The van der Waals surface area contributed by atoms with Crippen molar-refractivity contribution in [1.29, 1.82) is 0 Å². The van der Waals surface area contributed by atoms with Crippen LogP contribution in [0.2, 0.25) is 0 Å². The number of hydrogen-bond donors (Lipinski definition) is 2. The van der Waals surface area contributed by atoms with Gasteiger partial charge in [0.05, 0.1) is 0 Å². The number of nitrogens with two attached hydrogens (primary N) is 1. The Hall–Kier alpha value is -1.14. The van der Waals surface area contributed by atoms with Gasteiger partial charge in [-0.15, -0.1) is 0 Å². The SMILES string of the molecule is CC(C)NS(=O)(=O)c1ccc(N)nc1. The Morgan fingerprint density at radius 2 is 2.07 bits per heavy atom. The molecule has 1 rings (SSSR count). The van der Waals surface area contributed by atoms with Crippen molar-refractivity contribution < 1.29 is 8.42 Å². The highest BCUT2D eigenvalue weighted by molar-refractivity contribution is 7.89. The van der Waals surface area contributed by atoms with Crippen LogP contribution in [0.5, 0.6) is 0 Å². The standard InChI is InChI=1S/C8H13N3O2S/c1-6(2)11-14(12,13)7-3-4-8(9)10-5-7/h3-6,11H,1-2H3,(H2,9,10). The molecule has 0 radical (unpaired) electrons. The largest absolute Gasteiger partial charge is 0.384 e. The van der Waals surface area contributed by atoms with Crippen LogP contribution < -0.4 is 10.5 Å². The first kappa shape index (κ1) is 10.9. The van der Waals surface area contributed by atoms with E-state index in [1.54, 1.807) is 13.8 Å². The predicted octanol–water partition coefficient (Wildman–Crippen LogP) is 0.350. The van der Waals surface area contributed by atoms with Crippen LogP contribution in [0.4, 0.5) is 5.82 Å². The minimum Gasteiger partial charge on any atom is -0.384 e. The van der Waals surface area contributed by atoms with Gasteiger partial charge < -0.3 is 5.73 Å². The number of anilines is 1. The van der Waals surface area contributed by atoms with Crippen molar-refractivity contribution in [2.24, 2.45) is 0 Å². The Bertz CT molecular complexity index is 397. The van der Waals surface area contributed by atoms with Gasteiger partial charge in [-0.05, 0) is 26.0 Å². The maximum Gasteiger partial charge on any atom is 0.242 e. The van der Waals surface area contributed by atoms with Crippen molar-refractivity contribution in [1.82, 2.24) is 9.71 Å². The molecule has 0 aliphatic carbocycles. The fourth-order valence-corrected chi connectivity index (χ4v) is 2.12. The van der Waals surface area contributed by atoms with E-state index < -0.39 is 10.0 Å². The number of nitrogens with zero attached hydrogens (tertiary/aromatic N) is 1. The van der Waals surface area contributed by atoms with Crippen LogP contribution in [0.25, 0.3) is 0 Å². The Labute approximate surface area is 83.4 Å². The van der Waals surface area contributed by atoms with E-state index in [4.69, 9.17) is 5.73 Å². The summed E-state index contributed by atoms with van der Waals surface area (Å²) in [6, 6.07) is 2.74. The van der Waals surface area contributed by atoms with Gasteiger partial charge in [0.25, 0.3) is 0 Å². The van der Waals surface area contributed by atoms with Crippen LogP contribution in [0, 0.1) is 0 Å². The molecule has 1 heterocycles. The fraction of sp³-hybridized carbons (Fsp3) is 0.375. The summed E-state index contributed by atoms with van der Waals surface area (Å²) in [6.45, 7) is 3.50. The highest BCUT2D eigenvalue weighted by atomic mass is 32.2. The summed E-state index contributed by atoms with van der Waals surface area (Å²) in [7, 11) is -3.44. The van der Waals surface area contributed by atoms with Gasteiger partial charge in [0.1, 0.15) is 10.7 Å². The molecule has 1 aromatic heterocycles. The first-order valence-electron chi connectivity index (χ1n) is 4.15. The number of sulfonamides is 1. The summed E-state index contributed by atoms with van der Waals surface area (Å²) < 4.78 is 25.6. The van der Waals surface area contributed by atoms with Crippen molar-refractivity contribution in [2.75, 3.05) is 5.73 Å². The van der Waals surface area contributed by atoms with Crippen LogP contribution in [-0.2, 0) is 10.0 Å². The molecule has 0 saturated heterocycles. The maximum atomic E-state index is 11.6. The molecule has 0 aliphatic heterocycles. The van der Waals surface area contributed by atoms with E-state index in [9.17, 15) is 8.42 Å². The summed E-state index contributed by atoms with van der Waals surface area (Å²) in [4.78, 5) is 3.84. The normalized spacial score (nSPS) is 11.9. The van der Waals surface area contributed by atoms with Gasteiger partial charge in [0.2, 0.25) is 10.0 Å². The Kier molecular flexibility index (Phi) is 3.07. The molecule has 14 heavy (non-hydrogen) atoms. The second-order valence-electron chi connectivity index (χ2n) is 3.19. The Balaban J connectivity index is 2.99. The van der Waals surface area contributed by atoms with Gasteiger partial charge in [0, 0.05) is 12.2 Å². The maximum absolute atomic E-state index is 11.6. The molecule has 0 saturated carbocycles. The van der Waals surface area contributed by atoms with Gasteiger partial charge in [-0.2, -0.15) is 0 Å². The predicted molar refractivity (Wildman–Crippen MR) is 54.1 cm³/mol. The first-order valence-corrected chi connectivity index (χ1v) is 5.64. The number of nitrogens with one attached hydrogen (secondary N) is 1. The third-order valence-electron chi connectivity index (χ3n) is 1.46. The van der Waals surface area contributed by atoms with E-state index in [-0.39, 0.29) is 10.9 Å². The minimum atomic E-state index is -3.44. The molecule has 78 valence electrons. The van der Waals surface area contributed by atoms with Crippen molar-refractivity contribution in [3.63, 3.8) is 0 Å². The summed E-state index contributed by atoms with van der Waals surface area (Å²) in [6.07, 6.45) is 1.24. The second-order valence-corrected chi connectivity index (χ2v) is 4.91. The molecule has 0 spiro atoms. The van der Waals surface area contributed by atoms with Crippen molar-refractivity contribution in [3.8, 4) is 0 Å². The Morgan fingerprint density at radius 1 is 1.43 bits per heavy atom. The average molecular weight is 215 g/mol. The number of pyridine rings is 1. The molecule has 0 atom stereocenters. The molecule has 0 amide bonds. The highest BCUT2D eigenvalue weighted by Crippen LogP contribution is 2.08. The van der Waals surface area contributed by atoms with Crippen molar-refractivity contribution >= 4 is 15.8 Å². The topological polar surface area (TPSA) is 85.1 Å². The zero-order valence-electron chi connectivity index (χ0n) is 8.06. The van der Waals surface area contributed by atoms with E-state index in [1.165, 1.54) is 18.3 Å². The molecule has 1 aromatic rings. The lowest BCUT2D eigenvalue weighted by Crippen LogP contribution is -2.30. The van der Waals surface area contributed by atoms with Crippen LogP contribution >= 0.6 is 0 Å².